The van der Waals surface area contributed by atoms with Gasteiger partial charge in [0.2, 0.25) is 5.91 Å². The van der Waals surface area contributed by atoms with Gasteiger partial charge in [0.15, 0.2) is 0 Å². The summed E-state index contributed by atoms with van der Waals surface area (Å²) in [6.07, 6.45) is 2.18. The summed E-state index contributed by atoms with van der Waals surface area (Å²) >= 11 is 0. The van der Waals surface area contributed by atoms with E-state index in [1.807, 2.05) is 4.90 Å². The molecule has 0 atom stereocenters. The predicted molar refractivity (Wildman–Crippen MR) is 49.9 cm³/mol. The van der Waals surface area contributed by atoms with Crippen LogP contribution in [0.1, 0.15) is 33.6 Å². The van der Waals surface area contributed by atoms with Gasteiger partial charge in [-0.25, -0.2) is 0 Å². The van der Waals surface area contributed by atoms with Gasteiger partial charge in [-0.05, 0) is 12.8 Å². The maximum atomic E-state index is 11.1. The molecule has 12 heavy (non-hydrogen) atoms. The molecule has 0 aliphatic carbocycles. The first kappa shape index (κ1) is 9.30. The number of hydrogen-bond donors (Lipinski definition) is 0. The Kier molecular flexibility index (Phi) is 2.90. The van der Waals surface area contributed by atoms with E-state index in [1.165, 1.54) is 11.1 Å². The van der Waals surface area contributed by atoms with Gasteiger partial charge in [0, 0.05) is 20.0 Å². The zero-order valence-electron chi connectivity index (χ0n) is 8.18. The summed E-state index contributed by atoms with van der Waals surface area (Å²) in [7, 11) is 0. The largest absolute Gasteiger partial charge is 0.335 e. The summed E-state index contributed by atoms with van der Waals surface area (Å²) in [4.78, 5) is 13.0. The number of rotatable bonds is 2. The fourth-order valence-corrected chi connectivity index (χ4v) is 1.69. The highest BCUT2D eigenvalue weighted by Crippen LogP contribution is 2.22. The lowest BCUT2D eigenvalue weighted by molar-refractivity contribution is -0.127. The van der Waals surface area contributed by atoms with Gasteiger partial charge >= 0.3 is 0 Å². The minimum absolute atomic E-state index is 0.199. The molecule has 0 radical (unpaired) electrons. The smallest absolute Gasteiger partial charge is 0.220 e. The lowest BCUT2D eigenvalue weighted by Gasteiger charge is -2.13. The zero-order valence-corrected chi connectivity index (χ0v) is 8.18. The van der Waals surface area contributed by atoms with Crippen molar-refractivity contribution in [3.05, 3.63) is 11.1 Å². The molecule has 2 heteroatoms. The predicted octanol–water partition coefficient (Wildman–Crippen LogP) is 1.97. The summed E-state index contributed by atoms with van der Waals surface area (Å²) in [6.45, 7) is 7.71. The molecule has 0 fully saturated rings. The van der Waals surface area contributed by atoms with E-state index in [-0.39, 0.29) is 5.91 Å². The second kappa shape index (κ2) is 3.74. The molecule has 0 aromatic carbocycles. The van der Waals surface area contributed by atoms with Gasteiger partial charge < -0.3 is 4.90 Å². The number of nitrogens with zero attached hydrogens (tertiary/aromatic N) is 1. The first-order chi connectivity index (χ1) is 5.69. The molecule has 1 aliphatic heterocycles. The second-order valence-corrected chi connectivity index (χ2v) is 3.29. The van der Waals surface area contributed by atoms with E-state index >= 15 is 0 Å². The van der Waals surface area contributed by atoms with Crippen LogP contribution < -0.4 is 0 Å². The summed E-state index contributed by atoms with van der Waals surface area (Å²) in [5.74, 6) is 0.199. The highest BCUT2D eigenvalue weighted by atomic mass is 16.2. The SMILES string of the molecule is CCC1=C(CC)CN(C(C)=O)C1. The molecule has 0 spiro atoms. The van der Waals surface area contributed by atoms with Crippen LogP contribution in [0.3, 0.4) is 0 Å². The Morgan fingerprint density at radius 3 is 1.92 bits per heavy atom. The normalized spacial score (nSPS) is 17.4. The van der Waals surface area contributed by atoms with Gasteiger partial charge in [-0.15, -0.1) is 0 Å². The molecule has 0 saturated carbocycles. The maximum Gasteiger partial charge on any atom is 0.220 e. The van der Waals surface area contributed by atoms with E-state index in [0.717, 1.165) is 25.9 Å². The van der Waals surface area contributed by atoms with Crippen LogP contribution in [0, 0.1) is 0 Å². The van der Waals surface area contributed by atoms with Crippen LogP contribution in [0.25, 0.3) is 0 Å². The fraction of sp³-hybridized carbons (Fsp3) is 0.700. The van der Waals surface area contributed by atoms with Crippen molar-refractivity contribution in [3.63, 3.8) is 0 Å². The molecule has 0 saturated heterocycles. The van der Waals surface area contributed by atoms with Gasteiger partial charge in [0.25, 0.3) is 0 Å². The Bertz CT molecular complexity index is 202. The maximum absolute atomic E-state index is 11.1. The number of amides is 1. The third-order valence-corrected chi connectivity index (χ3v) is 2.56. The number of hydrogen-bond acceptors (Lipinski definition) is 1. The average molecular weight is 167 g/mol. The fourth-order valence-electron chi connectivity index (χ4n) is 1.69. The van der Waals surface area contributed by atoms with E-state index in [4.69, 9.17) is 0 Å². The summed E-state index contributed by atoms with van der Waals surface area (Å²) in [5, 5.41) is 0. The standard InChI is InChI=1S/C10H17NO/c1-4-9-6-11(8(3)12)7-10(9)5-2/h4-7H2,1-3H3. The molecule has 1 rings (SSSR count). The van der Waals surface area contributed by atoms with E-state index in [0.29, 0.717) is 0 Å². The van der Waals surface area contributed by atoms with Crippen molar-refractivity contribution >= 4 is 5.91 Å². The number of carbonyl (C=O) groups is 1. The van der Waals surface area contributed by atoms with Crippen molar-refractivity contribution < 1.29 is 4.79 Å². The van der Waals surface area contributed by atoms with Crippen LogP contribution in [0.2, 0.25) is 0 Å². The first-order valence-electron chi connectivity index (χ1n) is 4.64. The van der Waals surface area contributed by atoms with Gasteiger partial charge in [-0.2, -0.15) is 0 Å². The Labute approximate surface area is 74.2 Å². The van der Waals surface area contributed by atoms with Crippen molar-refractivity contribution in [2.45, 2.75) is 33.6 Å². The lowest BCUT2D eigenvalue weighted by Crippen LogP contribution is -2.26. The molecule has 68 valence electrons. The van der Waals surface area contributed by atoms with Gasteiger partial charge in [-0.1, -0.05) is 25.0 Å². The Morgan fingerprint density at radius 1 is 1.25 bits per heavy atom. The molecule has 1 aliphatic rings. The van der Waals surface area contributed by atoms with Crippen molar-refractivity contribution in [1.82, 2.24) is 4.90 Å². The van der Waals surface area contributed by atoms with Crippen LogP contribution in [0.4, 0.5) is 0 Å². The molecule has 0 unspecified atom stereocenters. The quantitative estimate of drug-likeness (QED) is 0.576. The molecule has 0 aromatic rings. The van der Waals surface area contributed by atoms with Crippen LogP contribution in [0.5, 0.6) is 0 Å². The van der Waals surface area contributed by atoms with Crippen LogP contribution in [0.15, 0.2) is 11.1 Å². The molecule has 0 N–H and O–H groups in total. The van der Waals surface area contributed by atoms with Crippen LogP contribution in [-0.2, 0) is 4.79 Å². The van der Waals surface area contributed by atoms with E-state index in [9.17, 15) is 4.79 Å². The van der Waals surface area contributed by atoms with Crippen LogP contribution >= 0.6 is 0 Å². The molecular formula is C10H17NO. The minimum atomic E-state index is 0.199. The summed E-state index contributed by atoms with van der Waals surface area (Å²) in [6, 6.07) is 0. The van der Waals surface area contributed by atoms with Crippen molar-refractivity contribution in [3.8, 4) is 0 Å². The Morgan fingerprint density at radius 2 is 1.67 bits per heavy atom. The topological polar surface area (TPSA) is 20.3 Å². The Hall–Kier alpha value is -0.790. The van der Waals surface area contributed by atoms with Gasteiger partial charge in [0.1, 0.15) is 0 Å². The summed E-state index contributed by atoms with van der Waals surface area (Å²) in [5.41, 5.74) is 2.93. The molecule has 2 nitrogen and oxygen atoms in total. The highest BCUT2D eigenvalue weighted by Gasteiger charge is 2.20. The third-order valence-electron chi connectivity index (χ3n) is 2.56. The molecule has 0 bridgehead atoms. The van der Waals surface area contributed by atoms with Crippen molar-refractivity contribution in [2.75, 3.05) is 13.1 Å². The second-order valence-electron chi connectivity index (χ2n) is 3.29. The van der Waals surface area contributed by atoms with E-state index in [1.54, 1.807) is 6.92 Å². The number of carbonyl (C=O) groups excluding carboxylic acids is 1. The monoisotopic (exact) mass is 167 g/mol. The lowest BCUT2D eigenvalue weighted by atomic mass is 10.1. The Balaban J connectivity index is 2.65. The molecular weight excluding hydrogens is 150 g/mol. The first-order valence-corrected chi connectivity index (χ1v) is 4.64. The average Bonchev–Trinajstić information content (AvgIpc) is 2.46. The molecule has 1 heterocycles. The third kappa shape index (κ3) is 1.68. The van der Waals surface area contributed by atoms with Crippen molar-refractivity contribution in [2.24, 2.45) is 0 Å². The minimum Gasteiger partial charge on any atom is -0.335 e. The van der Waals surface area contributed by atoms with Gasteiger partial charge in [0.05, 0.1) is 0 Å². The summed E-state index contributed by atoms with van der Waals surface area (Å²) < 4.78 is 0. The highest BCUT2D eigenvalue weighted by molar-refractivity contribution is 5.74. The zero-order chi connectivity index (χ0) is 9.14. The van der Waals surface area contributed by atoms with Crippen molar-refractivity contribution in [1.29, 1.82) is 0 Å². The molecule has 0 aromatic heterocycles. The molecule has 1 amide bonds. The van der Waals surface area contributed by atoms with Gasteiger partial charge in [-0.3, -0.25) is 4.79 Å². The van der Waals surface area contributed by atoms with E-state index in [2.05, 4.69) is 13.8 Å². The van der Waals surface area contributed by atoms with E-state index < -0.39 is 0 Å². The van der Waals surface area contributed by atoms with Crippen LogP contribution in [-0.4, -0.2) is 23.9 Å².